The molecule has 0 saturated carbocycles. The summed E-state index contributed by atoms with van der Waals surface area (Å²) in [6.45, 7) is 9.62. The predicted molar refractivity (Wildman–Crippen MR) is 104 cm³/mol. The number of carbonyl (C=O) groups excluding carboxylic acids is 1. The van der Waals surface area contributed by atoms with Gasteiger partial charge in [0.2, 0.25) is 0 Å². The molecule has 0 amide bonds. The molecule has 132 valence electrons. The number of piperidine rings is 1. The smallest absolute Gasteiger partial charge is 0.167 e. The minimum absolute atomic E-state index is 0.0446. The van der Waals surface area contributed by atoms with Crippen LogP contribution in [0.4, 0.5) is 0 Å². The Balaban J connectivity index is 1.95. The quantitative estimate of drug-likeness (QED) is 0.717. The third-order valence-electron chi connectivity index (χ3n) is 5.68. The molecule has 0 spiro atoms. The summed E-state index contributed by atoms with van der Waals surface area (Å²) in [5.41, 5.74) is 4.88. The van der Waals surface area contributed by atoms with Crippen molar-refractivity contribution in [2.24, 2.45) is 5.92 Å². The molecule has 2 aromatic carbocycles. The Bertz CT molecular complexity index is 722. The molecule has 1 heterocycles. The lowest BCUT2D eigenvalue weighted by atomic mass is 9.75. The van der Waals surface area contributed by atoms with Gasteiger partial charge in [0, 0.05) is 18.0 Å². The molecule has 2 atom stereocenters. The zero-order valence-corrected chi connectivity index (χ0v) is 15.7. The van der Waals surface area contributed by atoms with Crippen LogP contribution in [0.5, 0.6) is 0 Å². The van der Waals surface area contributed by atoms with Gasteiger partial charge >= 0.3 is 0 Å². The number of ketones is 1. The molecule has 1 aliphatic rings. The van der Waals surface area contributed by atoms with E-state index in [4.69, 9.17) is 0 Å². The van der Waals surface area contributed by atoms with E-state index in [9.17, 15) is 4.79 Å². The Morgan fingerprint density at radius 2 is 1.84 bits per heavy atom. The molecule has 2 nitrogen and oxygen atoms in total. The summed E-state index contributed by atoms with van der Waals surface area (Å²) in [6.07, 6.45) is 2.20. The van der Waals surface area contributed by atoms with Gasteiger partial charge in [-0.15, -0.1) is 0 Å². The zero-order chi connectivity index (χ0) is 17.8. The van der Waals surface area contributed by atoms with Gasteiger partial charge < -0.3 is 4.90 Å². The van der Waals surface area contributed by atoms with Crippen molar-refractivity contribution in [3.63, 3.8) is 0 Å². The van der Waals surface area contributed by atoms with Crippen LogP contribution in [-0.2, 0) is 0 Å². The maximum absolute atomic E-state index is 13.3. The highest BCUT2D eigenvalue weighted by Gasteiger charge is 2.36. The highest BCUT2D eigenvalue weighted by molar-refractivity contribution is 5.98. The number of likely N-dealkylation sites (tertiary alicyclic amines) is 1. The van der Waals surface area contributed by atoms with Crippen molar-refractivity contribution in [1.29, 1.82) is 0 Å². The maximum Gasteiger partial charge on any atom is 0.167 e. The van der Waals surface area contributed by atoms with Gasteiger partial charge in [-0.05, 0) is 62.4 Å². The lowest BCUT2D eigenvalue weighted by Gasteiger charge is -2.38. The summed E-state index contributed by atoms with van der Waals surface area (Å²) in [5, 5.41) is 0. The monoisotopic (exact) mass is 335 g/mol. The maximum atomic E-state index is 13.3. The van der Waals surface area contributed by atoms with E-state index in [0.717, 1.165) is 38.0 Å². The number of aryl methyl sites for hydroxylation is 1. The van der Waals surface area contributed by atoms with Crippen molar-refractivity contribution in [2.75, 3.05) is 19.6 Å². The van der Waals surface area contributed by atoms with Crippen molar-refractivity contribution in [3.05, 3.63) is 70.8 Å². The predicted octanol–water partition coefficient (Wildman–Crippen LogP) is 5.00. The molecular formula is C23H29NO. The van der Waals surface area contributed by atoms with Crippen molar-refractivity contribution >= 4 is 5.78 Å². The van der Waals surface area contributed by atoms with E-state index in [-0.39, 0.29) is 5.92 Å². The number of hydrogen-bond donors (Lipinski definition) is 0. The summed E-state index contributed by atoms with van der Waals surface area (Å²) in [6, 6.07) is 16.4. The van der Waals surface area contributed by atoms with Crippen LogP contribution >= 0.6 is 0 Å². The van der Waals surface area contributed by atoms with Crippen LogP contribution in [0.3, 0.4) is 0 Å². The Morgan fingerprint density at radius 1 is 1.08 bits per heavy atom. The van der Waals surface area contributed by atoms with Gasteiger partial charge in [-0.2, -0.15) is 0 Å². The number of nitrogens with zero attached hydrogens (tertiary/aromatic N) is 1. The molecule has 2 heteroatoms. The fourth-order valence-electron chi connectivity index (χ4n) is 4.17. The number of Topliss-reactive ketones (excluding diaryl/α,β-unsaturated/α-hetero) is 1. The highest BCUT2D eigenvalue weighted by Crippen LogP contribution is 2.37. The Kier molecular flexibility index (Phi) is 5.70. The van der Waals surface area contributed by atoms with E-state index in [1.807, 2.05) is 30.3 Å². The second kappa shape index (κ2) is 7.97. The average Bonchev–Trinajstić information content (AvgIpc) is 2.64. The van der Waals surface area contributed by atoms with Crippen molar-refractivity contribution in [3.8, 4) is 0 Å². The second-order valence-electron chi connectivity index (χ2n) is 7.32. The topological polar surface area (TPSA) is 20.3 Å². The summed E-state index contributed by atoms with van der Waals surface area (Å²) < 4.78 is 0. The van der Waals surface area contributed by atoms with E-state index in [0.29, 0.717) is 11.7 Å². The van der Waals surface area contributed by atoms with Gasteiger partial charge in [-0.1, -0.05) is 55.5 Å². The standard InChI is InChI=1S/C23H29NO/c1-4-14-24-15-13-21(20-12-8-9-17(2)18(20)3)22(16-24)23(25)19-10-6-5-7-11-19/h5-12,21-22H,4,13-16H2,1-3H3/t21-,22+/m1/s1. The van der Waals surface area contributed by atoms with Crippen molar-refractivity contribution in [1.82, 2.24) is 4.90 Å². The zero-order valence-electron chi connectivity index (χ0n) is 15.7. The van der Waals surface area contributed by atoms with Gasteiger partial charge in [0.15, 0.2) is 5.78 Å². The number of carbonyl (C=O) groups is 1. The molecule has 0 bridgehead atoms. The Morgan fingerprint density at radius 3 is 2.56 bits per heavy atom. The van der Waals surface area contributed by atoms with Crippen molar-refractivity contribution in [2.45, 2.75) is 39.5 Å². The molecule has 1 fully saturated rings. The Labute approximate surface area is 151 Å². The van der Waals surface area contributed by atoms with E-state index in [1.54, 1.807) is 0 Å². The molecule has 3 rings (SSSR count). The molecular weight excluding hydrogens is 306 g/mol. The second-order valence-corrected chi connectivity index (χ2v) is 7.32. The third-order valence-corrected chi connectivity index (χ3v) is 5.68. The first-order chi connectivity index (χ1) is 12.1. The molecule has 25 heavy (non-hydrogen) atoms. The lowest BCUT2D eigenvalue weighted by Crippen LogP contribution is -2.43. The third kappa shape index (κ3) is 3.85. The summed E-state index contributed by atoms with van der Waals surface area (Å²) in [4.78, 5) is 15.8. The summed E-state index contributed by atoms with van der Waals surface area (Å²) >= 11 is 0. The van der Waals surface area contributed by atoms with E-state index >= 15 is 0 Å². The SMILES string of the molecule is CCCN1CC[C@H](c2cccc(C)c2C)[C@@H](C(=O)c2ccccc2)C1. The molecule has 2 aromatic rings. The van der Waals surface area contributed by atoms with Crippen LogP contribution in [-0.4, -0.2) is 30.3 Å². The number of hydrogen-bond acceptors (Lipinski definition) is 2. The van der Waals surface area contributed by atoms with E-state index < -0.39 is 0 Å². The van der Waals surface area contributed by atoms with Crippen LogP contribution in [0.1, 0.15) is 52.7 Å². The summed E-state index contributed by atoms with van der Waals surface area (Å²) in [7, 11) is 0. The summed E-state index contributed by atoms with van der Waals surface area (Å²) in [5.74, 6) is 0.663. The van der Waals surface area contributed by atoms with E-state index in [1.165, 1.54) is 16.7 Å². The van der Waals surface area contributed by atoms with Crippen LogP contribution in [0.15, 0.2) is 48.5 Å². The van der Waals surface area contributed by atoms with Gasteiger partial charge in [0.1, 0.15) is 0 Å². The minimum atomic E-state index is 0.0446. The molecule has 0 aromatic heterocycles. The van der Waals surface area contributed by atoms with Gasteiger partial charge in [0.25, 0.3) is 0 Å². The van der Waals surface area contributed by atoms with Crippen LogP contribution in [0, 0.1) is 19.8 Å². The first-order valence-electron chi connectivity index (χ1n) is 9.49. The highest BCUT2D eigenvalue weighted by atomic mass is 16.1. The normalized spacial score (nSPS) is 21.2. The first kappa shape index (κ1) is 17.9. The van der Waals surface area contributed by atoms with Crippen LogP contribution in [0.25, 0.3) is 0 Å². The van der Waals surface area contributed by atoms with Gasteiger partial charge in [-0.3, -0.25) is 4.79 Å². The number of rotatable bonds is 5. The number of benzene rings is 2. The fraction of sp³-hybridized carbons (Fsp3) is 0.435. The van der Waals surface area contributed by atoms with E-state index in [2.05, 4.69) is 43.9 Å². The minimum Gasteiger partial charge on any atom is -0.303 e. The van der Waals surface area contributed by atoms with Crippen LogP contribution in [0.2, 0.25) is 0 Å². The van der Waals surface area contributed by atoms with Crippen LogP contribution < -0.4 is 0 Å². The van der Waals surface area contributed by atoms with Gasteiger partial charge in [-0.25, -0.2) is 0 Å². The molecule has 0 radical (unpaired) electrons. The van der Waals surface area contributed by atoms with Gasteiger partial charge in [0.05, 0.1) is 0 Å². The largest absolute Gasteiger partial charge is 0.303 e. The molecule has 0 N–H and O–H groups in total. The molecule has 0 aliphatic carbocycles. The Hall–Kier alpha value is -1.93. The fourth-order valence-corrected chi connectivity index (χ4v) is 4.17. The molecule has 0 unspecified atom stereocenters. The first-order valence-corrected chi connectivity index (χ1v) is 9.49. The average molecular weight is 335 g/mol. The van der Waals surface area contributed by atoms with Crippen molar-refractivity contribution < 1.29 is 4.79 Å². The molecule has 1 aliphatic heterocycles. The molecule has 1 saturated heterocycles. The lowest BCUT2D eigenvalue weighted by molar-refractivity contribution is 0.0779.